The molecular formula is C28H25N3O3. The lowest BCUT2D eigenvalue weighted by Gasteiger charge is -2.42. The zero-order chi connectivity index (χ0) is 23.3. The number of carbonyl (C=O) groups excluding carboxylic acids is 1. The summed E-state index contributed by atoms with van der Waals surface area (Å²) in [4.78, 5) is 19.4. The second-order valence-electron chi connectivity index (χ2n) is 9.58. The number of hydrogen-bond acceptors (Lipinski definition) is 5. The second kappa shape index (κ2) is 7.96. The number of amides is 1. The van der Waals surface area contributed by atoms with Gasteiger partial charge in [-0.3, -0.25) is 4.98 Å². The molecule has 6 heteroatoms. The van der Waals surface area contributed by atoms with Gasteiger partial charge in [-0.15, -0.1) is 0 Å². The Morgan fingerprint density at radius 3 is 2.21 bits per heavy atom. The average molecular weight is 452 g/mol. The van der Waals surface area contributed by atoms with Crippen molar-refractivity contribution >= 4 is 6.09 Å². The molecule has 3 aliphatic rings. The fourth-order valence-corrected chi connectivity index (χ4v) is 6.14. The van der Waals surface area contributed by atoms with Gasteiger partial charge in [0.1, 0.15) is 18.3 Å². The van der Waals surface area contributed by atoms with Gasteiger partial charge in [-0.25, -0.2) is 4.79 Å². The van der Waals surface area contributed by atoms with Crippen LogP contribution in [0.5, 0.6) is 0 Å². The molecule has 1 N–H and O–H groups in total. The first-order valence-corrected chi connectivity index (χ1v) is 11.8. The van der Waals surface area contributed by atoms with Gasteiger partial charge < -0.3 is 14.7 Å². The van der Waals surface area contributed by atoms with E-state index in [-0.39, 0.29) is 24.1 Å². The summed E-state index contributed by atoms with van der Waals surface area (Å²) in [5.41, 5.74) is 4.73. The Hall–Kier alpha value is -3.69. The molecule has 3 aromatic rings. The summed E-state index contributed by atoms with van der Waals surface area (Å²) in [6, 6.07) is 21.9. The van der Waals surface area contributed by atoms with Crippen molar-refractivity contribution < 1.29 is 14.6 Å². The quantitative estimate of drug-likeness (QED) is 0.623. The van der Waals surface area contributed by atoms with E-state index in [4.69, 9.17) is 10.00 Å². The maximum atomic E-state index is 13.2. The predicted octanol–water partition coefficient (Wildman–Crippen LogP) is 4.72. The Kier molecular flexibility index (Phi) is 4.89. The number of benzene rings is 2. The Bertz CT molecular complexity index is 1240. The summed E-state index contributed by atoms with van der Waals surface area (Å²) in [6.07, 6.45) is 3.72. The highest BCUT2D eigenvalue weighted by Crippen LogP contribution is 2.47. The first kappa shape index (κ1) is 20.9. The van der Waals surface area contributed by atoms with Crippen molar-refractivity contribution in [3.8, 4) is 17.2 Å². The molecule has 6 rings (SSSR count). The van der Waals surface area contributed by atoms with E-state index in [2.05, 4.69) is 35.3 Å². The minimum atomic E-state index is -1.10. The molecule has 34 heavy (non-hydrogen) atoms. The summed E-state index contributed by atoms with van der Waals surface area (Å²) in [5.74, 6) is 0.0265. The Labute approximate surface area is 198 Å². The summed E-state index contributed by atoms with van der Waals surface area (Å²) in [5, 5.41) is 20.4. The molecule has 2 bridgehead atoms. The van der Waals surface area contributed by atoms with Gasteiger partial charge in [0.25, 0.3) is 0 Å². The molecule has 1 amide bonds. The van der Waals surface area contributed by atoms with E-state index >= 15 is 0 Å². The van der Waals surface area contributed by atoms with Crippen LogP contribution in [0.15, 0.2) is 66.9 Å². The first-order valence-electron chi connectivity index (χ1n) is 11.8. The van der Waals surface area contributed by atoms with Crippen molar-refractivity contribution in [2.24, 2.45) is 0 Å². The van der Waals surface area contributed by atoms with Gasteiger partial charge in [-0.05, 0) is 47.2 Å². The maximum Gasteiger partial charge on any atom is 0.410 e. The first-order chi connectivity index (χ1) is 16.6. The van der Waals surface area contributed by atoms with Crippen molar-refractivity contribution in [2.45, 2.75) is 49.3 Å². The molecule has 2 fully saturated rings. The van der Waals surface area contributed by atoms with Crippen molar-refractivity contribution in [3.63, 3.8) is 0 Å². The highest BCUT2D eigenvalue weighted by molar-refractivity contribution is 5.79. The normalized spacial score (nSPS) is 24.9. The number of nitriles is 1. The lowest BCUT2D eigenvalue weighted by atomic mass is 9.83. The molecule has 2 aliphatic heterocycles. The number of ether oxygens (including phenoxy) is 1. The maximum absolute atomic E-state index is 13.2. The number of rotatable bonds is 3. The summed E-state index contributed by atoms with van der Waals surface area (Å²) in [6.45, 7) is 0.296. The lowest BCUT2D eigenvalue weighted by Crippen LogP contribution is -2.52. The van der Waals surface area contributed by atoms with Gasteiger partial charge >= 0.3 is 6.09 Å². The van der Waals surface area contributed by atoms with Crippen LogP contribution in [0.25, 0.3) is 11.1 Å². The molecule has 0 spiro atoms. The smallest absolute Gasteiger partial charge is 0.410 e. The van der Waals surface area contributed by atoms with Gasteiger partial charge in [-0.2, -0.15) is 5.26 Å². The Balaban J connectivity index is 1.18. The number of piperidine rings is 1. The third kappa shape index (κ3) is 3.27. The predicted molar refractivity (Wildman–Crippen MR) is 126 cm³/mol. The number of pyridine rings is 1. The zero-order valence-corrected chi connectivity index (χ0v) is 18.7. The zero-order valence-electron chi connectivity index (χ0n) is 18.7. The van der Waals surface area contributed by atoms with Crippen LogP contribution in [0.4, 0.5) is 4.79 Å². The number of nitrogens with zero attached hydrogens (tertiary/aromatic N) is 3. The van der Waals surface area contributed by atoms with E-state index in [1.165, 1.54) is 28.5 Å². The summed E-state index contributed by atoms with van der Waals surface area (Å²) >= 11 is 0. The van der Waals surface area contributed by atoms with Crippen molar-refractivity contribution in [1.82, 2.24) is 9.88 Å². The highest BCUT2D eigenvalue weighted by atomic mass is 16.6. The van der Waals surface area contributed by atoms with Crippen LogP contribution in [-0.2, 0) is 10.3 Å². The molecule has 2 aromatic carbocycles. The van der Waals surface area contributed by atoms with Crippen molar-refractivity contribution in [2.75, 3.05) is 6.61 Å². The van der Waals surface area contributed by atoms with E-state index in [0.717, 1.165) is 12.8 Å². The monoisotopic (exact) mass is 451 g/mol. The van der Waals surface area contributed by atoms with Crippen LogP contribution in [0.3, 0.4) is 0 Å². The number of hydrogen-bond donors (Lipinski definition) is 1. The van der Waals surface area contributed by atoms with Gasteiger partial charge in [-0.1, -0.05) is 48.5 Å². The van der Waals surface area contributed by atoms with Crippen LogP contribution in [0, 0.1) is 11.3 Å². The minimum Gasteiger partial charge on any atom is -0.448 e. The Morgan fingerprint density at radius 1 is 1.03 bits per heavy atom. The van der Waals surface area contributed by atoms with Crippen molar-refractivity contribution in [3.05, 3.63) is 89.2 Å². The molecule has 1 aliphatic carbocycles. The third-order valence-electron chi connectivity index (χ3n) is 7.68. The molecule has 2 atom stereocenters. The van der Waals surface area contributed by atoms with E-state index in [1.54, 1.807) is 12.1 Å². The standard InChI is InChI=1S/C28H25N3O3/c29-15-18-9-12-26(30-16-18)28(33)13-19-10-11-20(14-28)31(19)27(32)34-17-25-23-7-3-1-5-21(23)22-6-2-4-8-24(22)25/h1-9,12,16,19-20,25,33H,10-11,13-14,17H2. The van der Waals surface area contributed by atoms with E-state index in [1.807, 2.05) is 29.2 Å². The Morgan fingerprint density at radius 2 is 1.65 bits per heavy atom. The molecule has 3 heterocycles. The second-order valence-corrected chi connectivity index (χ2v) is 9.58. The van der Waals surface area contributed by atoms with E-state index in [0.29, 0.717) is 30.7 Å². The molecule has 2 saturated heterocycles. The largest absolute Gasteiger partial charge is 0.448 e. The number of aromatic nitrogens is 1. The molecule has 170 valence electrons. The highest BCUT2D eigenvalue weighted by Gasteiger charge is 2.51. The van der Waals surface area contributed by atoms with Crippen LogP contribution in [0.2, 0.25) is 0 Å². The van der Waals surface area contributed by atoms with Crippen LogP contribution >= 0.6 is 0 Å². The molecule has 6 nitrogen and oxygen atoms in total. The van der Waals surface area contributed by atoms with Gasteiger partial charge in [0, 0.05) is 37.0 Å². The molecule has 0 radical (unpaired) electrons. The van der Waals surface area contributed by atoms with Gasteiger partial charge in [0.2, 0.25) is 0 Å². The average Bonchev–Trinajstić information content (AvgIpc) is 3.34. The minimum absolute atomic E-state index is 0.0265. The van der Waals surface area contributed by atoms with Gasteiger partial charge in [0.05, 0.1) is 11.3 Å². The summed E-state index contributed by atoms with van der Waals surface area (Å²) < 4.78 is 5.92. The molecular weight excluding hydrogens is 426 g/mol. The molecule has 2 unspecified atom stereocenters. The summed E-state index contributed by atoms with van der Waals surface area (Å²) in [7, 11) is 0. The number of carbonyl (C=O) groups is 1. The van der Waals surface area contributed by atoms with E-state index < -0.39 is 5.60 Å². The lowest BCUT2D eigenvalue weighted by molar-refractivity contribution is -0.0559. The third-order valence-corrected chi connectivity index (χ3v) is 7.68. The molecule has 1 aromatic heterocycles. The van der Waals surface area contributed by atoms with Gasteiger partial charge in [0.15, 0.2) is 0 Å². The number of aliphatic hydroxyl groups is 1. The molecule has 0 saturated carbocycles. The SMILES string of the molecule is N#Cc1ccc(C2(O)CC3CCC(C2)N3C(=O)OCC2c3ccccc3-c3ccccc32)nc1. The van der Waals surface area contributed by atoms with Crippen molar-refractivity contribution in [1.29, 1.82) is 5.26 Å². The fourth-order valence-electron chi connectivity index (χ4n) is 6.14. The van der Waals surface area contributed by atoms with E-state index in [9.17, 15) is 9.90 Å². The fraction of sp³-hybridized carbons (Fsp3) is 0.321. The number of fused-ring (bicyclic) bond motifs is 5. The van der Waals surface area contributed by atoms with Crippen LogP contribution < -0.4 is 0 Å². The van der Waals surface area contributed by atoms with Crippen LogP contribution in [0.1, 0.15) is 54.0 Å². The van der Waals surface area contributed by atoms with Crippen LogP contribution in [-0.4, -0.2) is 39.8 Å². The topological polar surface area (TPSA) is 86.5 Å².